The third kappa shape index (κ3) is 9.23. The molecule has 1 saturated heterocycles. The summed E-state index contributed by atoms with van der Waals surface area (Å²) in [5, 5.41) is 3.10. The lowest BCUT2D eigenvalue weighted by Crippen LogP contribution is -2.43. The Kier molecular flexibility index (Phi) is 10.2. The van der Waals surface area contributed by atoms with Crippen LogP contribution in [-0.4, -0.2) is 32.4 Å². The largest absolute Gasteiger partial charge is 0.416 e. The Morgan fingerprint density at radius 1 is 0.927 bits per heavy atom. The fourth-order valence-electron chi connectivity index (χ4n) is 3.85. The van der Waals surface area contributed by atoms with E-state index in [4.69, 9.17) is 14.0 Å². The summed E-state index contributed by atoms with van der Waals surface area (Å²) in [6.45, 7) is 3.85. The minimum atomic E-state index is -4.95. The van der Waals surface area contributed by atoms with Crippen molar-refractivity contribution in [2.45, 2.75) is 49.5 Å². The van der Waals surface area contributed by atoms with Gasteiger partial charge in [-0.25, -0.2) is 4.39 Å². The van der Waals surface area contributed by atoms with Gasteiger partial charge in [-0.2, -0.15) is 34.8 Å². The van der Waals surface area contributed by atoms with E-state index in [9.17, 15) is 39.2 Å². The SMILES string of the molecule is CC(OC1OCCNC1c1ccc(F)cc1)c1cc(C(F)(F)F)cc(C(F)(F)F)c1.Cc1ccc(S(=O)(=O)O)cc1. The number of halogens is 7. The van der Waals surface area contributed by atoms with Gasteiger partial charge in [0.1, 0.15) is 5.82 Å². The molecule has 3 unspecified atom stereocenters. The van der Waals surface area contributed by atoms with Gasteiger partial charge < -0.3 is 14.8 Å². The van der Waals surface area contributed by atoms with Crippen LogP contribution in [0.25, 0.3) is 0 Å². The van der Waals surface area contributed by atoms with Gasteiger partial charge in [0.05, 0.1) is 34.8 Å². The average Bonchev–Trinajstić information content (AvgIpc) is 2.88. The van der Waals surface area contributed by atoms with Gasteiger partial charge in [-0.1, -0.05) is 29.8 Å². The molecule has 0 aliphatic carbocycles. The summed E-state index contributed by atoms with van der Waals surface area (Å²) in [7, 11) is -4.02. The molecule has 0 spiro atoms. The van der Waals surface area contributed by atoms with E-state index in [1.807, 2.05) is 6.92 Å². The number of rotatable bonds is 5. The van der Waals surface area contributed by atoms with Gasteiger partial charge in [-0.15, -0.1) is 0 Å². The molecule has 3 atom stereocenters. The highest BCUT2D eigenvalue weighted by atomic mass is 32.2. The fourth-order valence-corrected chi connectivity index (χ4v) is 4.33. The summed E-state index contributed by atoms with van der Waals surface area (Å²) < 4.78 is 133. The fraction of sp³-hybridized carbons (Fsp3) is 0.333. The zero-order valence-electron chi connectivity index (χ0n) is 21.6. The van der Waals surface area contributed by atoms with Crippen LogP contribution in [0.4, 0.5) is 30.7 Å². The van der Waals surface area contributed by atoms with Crippen LogP contribution in [0.1, 0.15) is 46.9 Å². The normalized spacial score (nSPS) is 18.8. The van der Waals surface area contributed by atoms with E-state index in [1.54, 1.807) is 12.1 Å². The van der Waals surface area contributed by atoms with Crippen LogP contribution < -0.4 is 5.32 Å². The van der Waals surface area contributed by atoms with Crippen LogP contribution in [0, 0.1) is 12.7 Å². The first-order valence-corrected chi connectivity index (χ1v) is 13.5. The van der Waals surface area contributed by atoms with E-state index < -0.39 is 57.9 Å². The van der Waals surface area contributed by atoms with Crippen LogP contribution in [0.2, 0.25) is 0 Å². The summed E-state index contributed by atoms with van der Waals surface area (Å²) in [6.07, 6.45) is -12.0. The van der Waals surface area contributed by atoms with E-state index in [0.717, 1.165) is 5.56 Å². The van der Waals surface area contributed by atoms with Gasteiger partial charge >= 0.3 is 12.4 Å². The summed E-state index contributed by atoms with van der Waals surface area (Å²) >= 11 is 0. The van der Waals surface area contributed by atoms with Crippen molar-refractivity contribution in [3.8, 4) is 0 Å². The maximum atomic E-state index is 13.2. The highest BCUT2D eigenvalue weighted by Gasteiger charge is 2.38. The number of morpholine rings is 1. The van der Waals surface area contributed by atoms with Gasteiger partial charge in [-0.3, -0.25) is 4.55 Å². The molecule has 0 amide bonds. The third-order valence-corrected chi connectivity index (χ3v) is 6.85. The standard InChI is InChI=1S/C20H18F7NO2.C7H8O3S/c1-11(13-8-14(19(22,23)24)10-15(9-13)20(25,26)27)30-18-17(28-6-7-29-18)12-2-4-16(21)5-3-12;1-6-2-4-7(5-3-6)11(8,9)10/h2-5,8-11,17-18,28H,6-7H2,1H3;2-5H,1H3,(H,8,9,10). The molecule has 1 heterocycles. The van der Waals surface area contributed by atoms with E-state index in [-0.39, 0.29) is 23.1 Å². The van der Waals surface area contributed by atoms with Crippen LogP contribution in [0.15, 0.2) is 71.6 Å². The zero-order valence-corrected chi connectivity index (χ0v) is 22.4. The first-order valence-electron chi connectivity index (χ1n) is 12.0. The van der Waals surface area contributed by atoms with E-state index in [1.165, 1.54) is 43.3 Å². The predicted octanol–water partition coefficient (Wildman–Crippen LogP) is 6.87. The van der Waals surface area contributed by atoms with E-state index in [0.29, 0.717) is 24.2 Å². The number of alkyl halides is 6. The number of nitrogens with one attached hydrogen (secondary N) is 1. The minimum absolute atomic E-state index is 0.0657. The minimum Gasteiger partial charge on any atom is -0.349 e. The monoisotopic (exact) mass is 609 g/mol. The molecule has 1 aliphatic rings. The van der Waals surface area contributed by atoms with Crippen molar-refractivity contribution in [3.05, 3.63) is 100 Å². The molecular weight excluding hydrogens is 583 g/mol. The number of hydrogen-bond acceptors (Lipinski definition) is 5. The van der Waals surface area contributed by atoms with Gasteiger partial charge in [0, 0.05) is 6.54 Å². The molecule has 224 valence electrons. The molecule has 0 saturated carbocycles. The Morgan fingerprint density at radius 3 is 1.95 bits per heavy atom. The molecule has 1 fully saturated rings. The summed E-state index contributed by atoms with van der Waals surface area (Å²) in [6, 6.07) is 12.2. The van der Waals surface area contributed by atoms with Crippen LogP contribution >= 0.6 is 0 Å². The number of aryl methyl sites for hydroxylation is 1. The number of hydrogen-bond donors (Lipinski definition) is 2. The maximum absolute atomic E-state index is 13.2. The molecular formula is C27H26F7NO5S. The predicted molar refractivity (Wildman–Crippen MR) is 134 cm³/mol. The lowest BCUT2D eigenvalue weighted by atomic mass is 10.0. The highest BCUT2D eigenvalue weighted by molar-refractivity contribution is 7.85. The van der Waals surface area contributed by atoms with Gasteiger partial charge in [0.15, 0.2) is 6.29 Å². The smallest absolute Gasteiger partial charge is 0.349 e. The van der Waals surface area contributed by atoms with Crippen LogP contribution in [-0.2, 0) is 31.9 Å². The van der Waals surface area contributed by atoms with Crippen molar-refractivity contribution in [3.63, 3.8) is 0 Å². The van der Waals surface area contributed by atoms with Crippen molar-refractivity contribution >= 4 is 10.1 Å². The van der Waals surface area contributed by atoms with Crippen molar-refractivity contribution in [2.75, 3.05) is 13.2 Å². The van der Waals surface area contributed by atoms with E-state index in [2.05, 4.69) is 5.32 Å². The van der Waals surface area contributed by atoms with Gasteiger partial charge in [0.25, 0.3) is 10.1 Å². The molecule has 3 aromatic rings. The summed E-state index contributed by atoms with van der Waals surface area (Å²) in [4.78, 5) is -0.0666. The molecule has 4 rings (SSSR count). The lowest BCUT2D eigenvalue weighted by molar-refractivity contribution is -0.200. The summed E-state index contributed by atoms with van der Waals surface area (Å²) in [5.74, 6) is -0.454. The van der Waals surface area contributed by atoms with Crippen molar-refractivity contribution in [2.24, 2.45) is 0 Å². The summed E-state index contributed by atoms with van der Waals surface area (Å²) in [5.41, 5.74) is -1.56. The van der Waals surface area contributed by atoms with Gasteiger partial charge in [-0.05, 0) is 67.4 Å². The van der Waals surface area contributed by atoms with E-state index >= 15 is 0 Å². The molecule has 3 aromatic carbocycles. The Labute approximate surface area is 231 Å². The molecule has 0 radical (unpaired) electrons. The molecule has 1 aliphatic heterocycles. The molecule has 0 bridgehead atoms. The zero-order chi connectivity index (χ0) is 30.6. The van der Waals surface area contributed by atoms with Crippen molar-refractivity contribution in [1.29, 1.82) is 0 Å². The second-order valence-electron chi connectivity index (χ2n) is 9.13. The third-order valence-electron chi connectivity index (χ3n) is 5.99. The molecule has 0 aromatic heterocycles. The second-order valence-corrected chi connectivity index (χ2v) is 10.5. The first kappa shape index (κ1) is 32.5. The quantitative estimate of drug-likeness (QED) is 0.243. The van der Waals surface area contributed by atoms with Crippen LogP contribution in [0.3, 0.4) is 0 Å². The number of ether oxygens (including phenoxy) is 2. The van der Waals surface area contributed by atoms with Crippen molar-refractivity contribution < 1.29 is 53.2 Å². The van der Waals surface area contributed by atoms with Crippen LogP contribution in [0.5, 0.6) is 0 Å². The Balaban J connectivity index is 0.000000352. The Morgan fingerprint density at radius 2 is 1.46 bits per heavy atom. The topological polar surface area (TPSA) is 84.9 Å². The Bertz CT molecular complexity index is 1380. The maximum Gasteiger partial charge on any atom is 0.416 e. The highest BCUT2D eigenvalue weighted by Crippen LogP contribution is 2.38. The average molecular weight is 610 g/mol. The molecule has 41 heavy (non-hydrogen) atoms. The lowest BCUT2D eigenvalue weighted by Gasteiger charge is -2.34. The van der Waals surface area contributed by atoms with Gasteiger partial charge in [0.2, 0.25) is 0 Å². The number of benzene rings is 3. The molecule has 14 heteroatoms. The molecule has 2 N–H and O–H groups in total. The second kappa shape index (κ2) is 12.9. The van der Waals surface area contributed by atoms with Crippen molar-refractivity contribution in [1.82, 2.24) is 5.32 Å². The Hall–Kier alpha value is -3.04. The first-order chi connectivity index (χ1) is 18.9. The molecule has 6 nitrogen and oxygen atoms in total.